The first-order chi connectivity index (χ1) is 9.29. The average molecular weight is 272 g/mol. The van der Waals surface area contributed by atoms with Crippen LogP contribution in [-0.4, -0.2) is 21.1 Å². The van der Waals surface area contributed by atoms with Crippen LogP contribution in [0.1, 0.15) is 24.2 Å². The summed E-state index contributed by atoms with van der Waals surface area (Å²) in [7, 11) is 0. The number of thioether (sulfide) groups is 1. The molecule has 1 aromatic carbocycles. The van der Waals surface area contributed by atoms with Crippen molar-refractivity contribution in [2.24, 2.45) is 0 Å². The topological polar surface area (TPSA) is 34.9 Å². The van der Waals surface area contributed by atoms with Crippen molar-refractivity contribution < 1.29 is 4.79 Å². The Morgan fingerprint density at radius 3 is 3.16 bits per heavy atom. The Labute approximate surface area is 117 Å². The van der Waals surface area contributed by atoms with Crippen molar-refractivity contribution in [1.29, 1.82) is 0 Å². The summed E-state index contributed by atoms with van der Waals surface area (Å²) >= 11 is 1.78. The minimum absolute atomic E-state index is 0.0307. The predicted molar refractivity (Wildman–Crippen MR) is 76.5 cm³/mol. The number of fused-ring (bicyclic) bond motifs is 1. The van der Waals surface area contributed by atoms with Crippen molar-refractivity contribution in [3.63, 3.8) is 0 Å². The molecule has 98 valence electrons. The predicted octanol–water partition coefficient (Wildman–Crippen LogP) is 2.90. The van der Waals surface area contributed by atoms with Gasteiger partial charge in [0.05, 0.1) is 12.3 Å². The van der Waals surface area contributed by atoms with Crippen LogP contribution in [0.15, 0.2) is 41.6 Å². The summed E-state index contributed by atoms with van der Waals surface area (Å²) < 4.78 is 2.03. The summed E-state index contributed by atoms with van der Waals surface area (Å²) in [5, 5.41) is 0. The fourth-order valence-corrected chi connectivity index (χ4v) is 3.77. The second-order valence-electron chi connectivity index (χ2n) is 4.67. The van der Waals surface area contributed by atoms with E-state index in [4.69, 9.17) is 0 Å². The number of hydrogen-bond donors (Lipinski definition) is 0. The first-order valence-electron chi connectivity index (χ1n) is 6.54. The van der Waals surface area contributed by atoms with Crippen LogP contribution < -0.4 is 0 Å². The van der Waals surface area contributed by atoms with Crippen molar-refractivity contribution in [1.82, 2.24) is 9.55 Å². The van der Waals surface area contributed by atoms with E-state index in [-0.39, 0.29) is 11.7 Å². The molecular weight excluding hydrogens is 256 g/mol. The van der Waals surface area contributed by atoms with Crippen LogP contribution in [0.5, 0.6) is 0 Å². The van der Waals surface area contributed by atoms with E-state index in [0.717, 1.165) is 18.1 Å². The first kappa shape index (κ1) is 12.5. The molecule has 1 aliphatic rings. The van der Waals surface area contributed by atoms with Gasteiger partial charge in [0, 0.05) is 29.6 Å². The summed E-state index contributed by atoms with van der Waals surface area (Å²) in [5.74, 6) is 2.05. The molecule has 0 saturated carbocycles. The van der Waals surface area contributed by atoms with Gasteiger partial charge in [0.1, 0.15) is 11.6 Å². The molecule has 0 spiro atoms. The molecule has 2 aromatic rings. The summed E-state index contributed by atoms with van der Waals surface area (Å²) in [6.07, 6.45) is 4.13. The Morgan fingerprint density at radius 1 is 1.47 bits per heavy atom. The third kappa shape index (κ3) is 2.32. The maximum Gasteiger partial charge on any atom is 0.148 e. The van der Waals surface area contributed by atoms with Crippen molar-refractivity contribution in [3.05, 3.63) is 48.0 Å². The molecule has 0 bridgehead atoms. The monoisotopic (exact) mass is 272 g/mol. The number of benzene rings is 1. The standard InChI is InChI=1S/C15H16N2OS/c1-2-17-8-7-16-15(17)9-13(18)12-10-19-14-6-4-3-5-11(12)14/h3-8,12H,2,9-10H2,1H3. The second-order valence-corrected chi connectivity index (χ2v) is 5.74. The van der Waals surface area contributed by atoms with E-state index in [0.29, 0.717) is 6.42 Å². The van der Waals surface area contributed by atoms with Gasteiger partial charge in [0.2, 0.25) is 0 Å². The molecule has 1 atom stereocenters. The number of ketones is 1. The number of nitrogens with zero attached hydrogens (tertiary/aromatic N) is 2. The number of imidazole rings is 1. The highest BCUT2D eigenvalue weighted by molar-refractivity contribution is 7.99. The molecule has 0 radical (unpaired) electrons. The third-order valence-corrected chi connectivity index (χ3v) is 4.75. The molecule has 19 heavy (non-hydrogen) atoms. The Morgan fingerprint density at radius 2 is 2.32 bits per heavy atom. The fraction of sp³-hybridized carbons (Fsp3) is 0.333. The maximum atomic E-state index is 12.5. The van der Waals surface area contributed by atoms with E-state index < -0.39 is 0 Å². The average Bonchev–Trinajstić information content (AvgIpc) is 3.04. The van der Waals surface area contributed by atoms with E-state index >= 15 is 0 Å². The second kappa shape index (κ2) is 5.21. The lowest BCUT2D eigenvalue weighted by molar-refractivity contribution is -0.119. The Kier molecular flexibility index (Phi) is 3.42. The third-order valence-electron chi connectivity index (χ3n) is 3.56. The molecular formula is C15H16N2OS. The summed E-state index contributed by atoms with van der Waals surface area (Å²) in [4.78, 5) is 18.0. The fourth-order valence-electron chi connectivity index (χ4n) is 2.50. The van der Waals surface area contributed by atoms with Gasteiger partial charge in [-0.1, -0.05) is 18.2 Å². The minimum Gasteiger partial charge on any atom is -0.335 e. The van der Waals surface area contributed by atoms with Gasteiger partial charge in [-0.25, -0.2) is 4.98 Å². The molecule has 3 nitrogen and oxygen atoms in total. The van der Waals surface area contributed by atoms with Gasteiger partial charge >= 0.3 is 0 Å². The number of aromatic nitrogens is 2. The van der Waals surface area contributed by atoms with Crippen molar-refractivity contribution >= 4 is 17.5 Å². The van der Waals surface area contributed by atoms with Gasteiger partial charge < -0.3 is 4.57 Å². The van der Waals surface area contributed by atoms with Crippen LogP contribution >= 0.6 is 11.8 Å². The van der Waals surface area contributed by atoms with Gasteiger partial charge in [0.15, 0.2) is 0 Å². The summed E-state index contributed by atoms with van der Waals surface area (Å²) in [5.41, 5.74) is 1.19. The molecule has 4 heteroatoms. The van der Waals surface area contributed by atoms with Gasteiger partial charge in [-0.05, 0) is 18.6 Å². The number of carbonyl (C=O) groups excluding carboxylic acids is 1. The molecule has 2 heterocycles. The van der Waals surface area contributed by atoms with Crippen LogP contribution in [-0.2, 0) is 17.8 Å². The molecule has 1 aliphatic heterocycles. The van der Waals surface area contributed by atoms with Gasteiger partial charge in [-0.15, -0.1) is 11.8 Å². The number of aryl methyl sites for hydroxylation is 1. The van der Waals surface area contributed by atoms with Crippen molar-refractivity contribution in [2.75, 3.05) is 5.75 Å². The molecule has 0 amide bonds. The Hall–Kier alpha value is -1.55. The largest absolute Gasteiger partial charge is 0.335 e. The van der Waals surface area contributed by atoms with Crippen molar-refractivity contribution in [2.45, 2.75) is 30.7 Å². The zero-order valence-electron chi connectivity index (χ0n) is 10.9. The van der Waals surface area contributed by atoms with E-state index in [2.05, 4.69) is 24.0 Å². The van der Waals surface area contributed by atoms with E-state index in [1.807, 2.05) is 22.9 Å². The molecule has 1 unspecified atom stereocenters. The summed E-state index contributed by atoms with van der Waals surface area (Å²) in [6.45, 7) is 2.93. The normalized spacial score (nSPS) is 17.4. The van der Waals surface area contributed by atoms with Gasteiger partial charge in [-0.3, -0.25) is 4.79 Å². The molecule has 0 N–H and O–H groups in total. The highest BCUT2D eigenvalue weighted by atomic mass is 32.2. The molecule has 0 saturated heterocycles. The Bertz CT molecular complexity index is 606. The molecule has 0 aliphatic carbocycles. The van der Waals surface area contributed by atoms with Crippen molar-refractivity contribution in [3.8, 4) is 0 Å². The quantitative estimate of drug-likeness (QED) is 0.858. The SMILES string of the molecule is CCn1ccnc1CC(=O)C1CSc2ccccc21. The summed E-state index contributed by atoms with van der Waals surface area (Å²) in [6, 6.07) is 8.21. The molecule has 0 fully saturated rings. The number of Topliss-reactive ketones (excluding diaryl/α,β-unsaturated/α-hetero) is 1. The van der Waals surface area contributed by atoms with E-state index in [9.17, 15) is 4.79 Å². The lowest BCUT2D eigenvalue weighted by Crippen LogP contribution is -2.17. The lowest BCUT2D eigenvalue weighted by atomic mass is 9.95. The van der Waals surface area contributed by atoms with Gasteiger partial charge in [-0.2, -0.15) is 0 Å². The zero-order chi connectivity index (χ0) is 13.2. The van der Waals surface area contributed by atoms with Crippen LogP contribution in [0.2, 0.25) is 0 Å². The maximum absolute atomic E-state index is 12.5. The first-order valence-corrected chi connectivity index (χ1v) is 7.52. The van der Waals surface area contributed by atoms with E-state index in [1.165, 1.54) is 10.5 Å². The number of hydrogen-bond acceptors (Lipinski definition) is 3. The van der Waals surface area contributed by atoms with Crippen LogP contribution in [0.3, 0.4) is 0 Å². The highest BCUT2D eigenvalue weighted by Crippen LogP contribution is 2.40. The van der Waals surface area contributed by atoms with Crippen LogP contribution in [0, 0.1) is 0 Å². The number of rotatable bonds is 4. The smallest absolute Gasteiger partial charge is 0.148 e. The number of carbonyl (C=O) groups is 1. The highest BCUT2D eigenvalue weighted by Gasteiger charge is 2.29. The lowest BCUT2D eigenvalue weighted by Gasteiger charge is -2.10. The van der Waals surface area contributed by atoms with Crippen LogP contribution in [0.4, 0.5) is 0 Å². The zero-order valence-corrected chi connectivity index (χ0v) is 11.7. The van der Waals surface area contributed by atoms with Crippen LogP contribution in [0.25, 0.3) is 0 Å². The van der Waals surface area contributed by atoms with Gasteiger partial charge in [0.25, 0.3) is 0 Å². The minimum atomic E-state index is 0.0307. The Balaban J connectivity index is 1.79. The molecule has 1 aromatic heterocycles. The molecule has 3 rings (SSSR count). The van der Waals surface area contributed by atoms with E-state index in [1.54, 1.807) is 18.0 Å².